The predicted octanol–water partition coefficient (Wildman–Crippen LogP) is 1.30. The number of hydrogen-bond donors (Lipinski definition) is 2. The predicted molar refractivity (Wildman–Crippen MR) is 80.6 cm³/mol. The van der Waals surface area contributed by atoms with Gasteiger partial charge in [-0.15, -0.1) is 0 Å². The second kappa shape index (κ2) is 6.77. The van der Waals surface area contributed by atoms with Gasteiger partial charge in [0.25, 0.3) is 0 Å². The Hall–Kier alpha value is -1.10. The molecule has 5 nitrogen and oxygen atoms in total. The van der Waals surface area contributed by atoms with E-state index < -0.39 is 0 Å². The molecule has 1 aliphatic heterocycles. The first-order chi connectivity index (χ1) is 9.97. The Bertz CT molecular complexity index is 381. The van der Waals surface area contributed by atoms with Gasteiger partial charge >= 0.3 is 0 Å². The highest BCUT2D eigenvalue weighted by Crippen LogP contribution is 2.30. The van der Waals surface area contributed by atoms with E-state index in [9.17, 15) is 14.7 Å². The third-order valence-corrected chi connectivity index (χ3v) is 4.92. The SMILES string of the molecule is CC(C)C(=O)N1CCC(C(=O)NC2(CO)CCCC2)CC1. The van der Waals surface area contributed by atoms with Crippen LogP contribution in [0, 0.1) is 11.8 Å². The van der Waals surface area contributed by atoms with Gasteiger partial charge in [-0.05, 0) is 25.7 Å². The second-order valence-corrected chi connectivity index (χ2v) is 6.89. The molecule has 1 aliphatic carbocycles. The lowest BCUT2D eigenvalue weighted by Gasteiger charge is -2.35. The van der Waals surface area contributed by atoms with Gasteiger partial charge in [0.05, 0.1) is 12.1 Å². The average Bonchev–Trinajstić information content (AvgIpc) is 2.95. The normalized spacial score (nSPS) is 22.6. The molecule has 1 saturated carbocycles. The molecule has 2 N–H and O–H groups in total. The minimum absolute atomic E-state index is 0.0199. The van der Waals surface area contributed by atoms with Crippen LogP contribution in [0.15, 0.2) is 0 Å². The van der Waals surface area contributed by atoms with E-state index in [4.69, 9.17) is 0 Å². The summed E-state index contributed by atoms with van der Waals surface area (Å²) in [7, 11) is 0. The van der Waals surface area contributed by atoms with Gasteiger partial charge in [-0.2, -0.15) is 0 Å². The van der Waals surface area contributed by atoms with Gasteiger partial charge in [0.1, 0.15) is 0 Å². The first-order valence-electron chi connectivity index (χ1n) is 8.19. The number of nitrogens with zero attached hydrogens (tertiary/aromatic N) is 1. The van der Waals surface area contributed by atoms with Crippen molar-refractivity contribution in [3.05, 3.63) is 0 Å². The number of carbonyl (C=O) groups excluding carboxylic acids is 2. The molecule has 1 heterocycles. The lowest BCUT2D eigenvalue weighted by Crippen LogP contribution is -2.53. The first kappa shape index (κ1) is 16.3. The molecule has 0 aromatic rings. The summed E-state index contributed by atoms with van der Waals surface area (Å²) in [5.74, 6) is 0.232. The van der Waals surface area contributed by atoms with Crippen LogP contribution in [-0.4, -0.2) is 47.1 Å². The summed E-state index contributed by atoms with van der Waals surface area (Å²) in [6.07, 6.45) is 5.35. The van der Waals surface area contributed by atoms with E-state index in [0.717, 1.165) is 38.5 Å². The highest BCUT2D eigenvalue weighted by atomic mass is 16.3. The number of aliphatic hydroxyl groups excluding tert-OH is 1. The van der Waals surface area contributed by atoms with Crippen molar-refractivity contribution in [3.63, 3.8) is 0 Å². The number of nitrogens with one attached hydrogen (secondary N) is 1. The molecule has 0 unspecified atom stereocenters. The quantitative estimate of drug-likeness (QED) is 0.821. The van der Waals surface area contributed by atoms with Crippen LogP contribution in [0.2, 0.25) is 0 Å². The number of aliphatic hydroxyl groups is 1. The molecule has 2 aliphatic rings. The molecule has 2 fully saturated rings. The van der Waals surface area contributed by atoms with Gasteiger partial charge in [-0.25, -0.2) is 0 Å². The third-order valence-electron chi connectivity index (χ3n) is 4.92. The summed E-state index contributed by atoms with van der Waals surface area (Å²) in [5, 5.41) is 12.7. The molecule has 21 heavy (non-hydrogen) atoms. The van der Waals surface area contributed by atoms with Crippen LogP contribution < -0.4 is 5.32 Å². The standard InChI is InChI=1S/C16H28N2O3/c1-12(2)15(21)18-9-5-13(6-10-18)14(20)17-16(11-19)7-3-4-8-16/h12-13,19H,3-11H2,1-2H3,(H,17,20). The van der Waals surface area contributed by atoms with Gasteiger partial charge in [-0.3, -0.25) is 9.59 Å². The van der Waals surface area contributed by atoms with Crippen LogP contribution in [0.5, 0.6) is 0 Å². The smallest absolute Gasteiger partial charge is 0.225 e. The van der Waals surface area contributed by atoms with Gasteiger partial charge < -0.3 is 15.3 Å². The fourth-order valence-corrected chi connectivity index (χ4v) is 3.47. The summed E-state index contributed by atoms with van der Waals surface area (Å²) in [5.41, 5.74) is -0.387. The highest BCUT2D eigenvalue weighted by molar-refractivity contribution is 5.81. The number of carbonyl (C=O) groups is 2. The summed E-state index contributed by atoms with van der Waals surface area (Å²) in [4.78, 5) is 26.2. The molecule has 120 valence electrons. The largest absolute Gasteiger partial charge is 0.394 e. The molecule has 0 aromatic heterocycles. The van der Waals surface area contributed by atoms with Crippen LogP contribution in [0.1, 0.15) is 52.4 Å². The number of rotatable bonds is 4. The van der Waals surface area contributed by atoms with Gasteiger partial charge in [-0.1, -0.05) is 26.7 Å². The van der Waals surface area contributed by atoms with E-state index in [-0.39, 0.29) is 35.8 Å². The molecule has 5 heteroatoms. The van der Waals surface area contributed by atoms with Crippen molar-refractivity contribution in [2.24, 2.45) is 11.8 Å². The Morgan fingerprint density at radius 3 is 2.29 bits per heavy atom. The summed E-state index contributed by atoms with van der Waals surface area (Å²) in [6, 6.07) is 0. The number of hydrogen-bond acceptors (Lipinski definition) is 3. The van der Waals surface area contributed by atoms with Crippen LogP contribution >= 0.6 is 0 Å². The molecular formula is C16H28N2O3. The number of likely N-dealkylation sites (tertiary alicyclic amines) is 1. The summed E-state index contributed by atoms with van der Waals surface area (Å²) >= 11 is 0. The minimum atomic E-state index is -0.387. The van der Waals surface area contributed by atoms with Crippen molar-refractivity contribution < 1.29 is 14.7 Å². The van der Waals surface area contributed by atoms with E-state index in [1.165, 1.54) is 0 Å². The van der Waals surface area contributed by atoms with Gasteiger partial charge in [0.15, 0.2) is 0 Å². The third kappa shape index (κ3) is 3.76. The van der Waals surface area contributed by atoms with Gasteiger partial charge in [0.2, 0.25) is 11.8 Å². The van der Waals surface area contributed by atoms with E-state index in [0.29, 0.717) is 13.1 Å². The molecule has 0 aromatic carbocycles. The van der Waals surface area contributed by atoms with Crippen molar-refractivity contribution in [2.75, 3.05) is 19.7 Å². The van der Waals surface area contributed by atoms with Crippen LogP contribution in [0.4, 0.5) is 0 Å². The number of piperidine rings is 1. The Morgan fingerprint density at radius 1 is 1.24 bits per heavy atom. The zero-order valence-corrected chi connectivity index (χ0v) is 13.2. The minimum Gasteiger partial charge on any atom is -0.394 e. The van der Waals surface area contributed by atoms with E-state index in [2.05, 4.69) is 5.32 Å². The topological polar surface area (TPSA) is 69.6 Å². The van der Waals surface area contributed by atoms with Crippen molar-refractivity contribution in [3.8, 4) is 0 Å². The molecule has 0 bridgehead atoms. The molecule has 0 radical (unpaired) electrons. The molecule has 1 saturated heterocycles. The second-order valence-electron chi connectivity index (χ2n) is 6.89. The number of amides is 2. The van der Waals surface area contributed by atoms with Crippen molar-refractivity contribution in [1.29, 1.82) is 0 Å². The van der Waals surface area contributed by atoms with Crippen LogP contribution in [-0.2, 0) is 9.59 Å². The van der Waals surface area contributed by atoms with E-state index in [1.807, 2.05) is 18.7 Å². The van der Waals surface area contributed by atoms with Crippen molar-refractivity contribution >= 4 is 11.8 Å². The molecule has 2 rings (SSSR count). The van der Waals surface area contributed by atoms with Crippen molar-refractivity contribution in [1.82, 2.24) is 10.2 Å². The monoisotopic (exact) mass is 296 g/mol. The summed E-state index contributed by atoms with van der Waals surface area (Å²) < 4.78 is 0. The Morgan fingerprint density at radius 2 is 1.81 bits per heavy atom. The van der Waals surface area contributed by atoms with E-state index >= 15 is 0 Å². The zero-order chi connectivity index (χ0) is 15.5. The zero-order valence-electron chi connectivity index (χ0n) is 13.2. The molecule has 0 atom stereocenters. The Kier molecular flexibility index (Phi) is 5.25. The molecule has 0 spiro atoms. The maximum absolute atomic E-state index is 12.4. The summed E-state index contributed by atoms with van der Waals surface area (Å²) in [6.45, 7) is 5.18. The maximum atomic E-state index is 12.4. The fourth-order valence-electron chi connectivity index (χ4n) is 3.47. The fraction of sp³-hybridized carbons (Fsp3) is 0.875. The average molecular weight is 296 g/mol. The lowest BCUT2D eigenvalue weighted by atomic mass is 9.92. The Labute approximate surface area is 127 Å². The van der Waals surface area contributed by atoms with Crippen molar-refractivity contribution in [2.45, 2.75) is 57.9 Å². The Balaban J connectivity index is 1.84. The van der Waals surface area contributed by atoms with E-state index in [1.54, 1.807) is 0 Å². The highest BCUT2D eigenvalue weighted by Gasteiger charge is 2.37. The van der Waals surface area contributed by atoms with Gasteiger partial charge in [0, 0.05) is 24.9 Å². The molecule has 2 amide bonds. The van der Waals surface area contributed by atoms with Crippen LogP contribution in [0.3, 0.4) is 0 Å². The molecular weight excluding hydrogens is 268 g/mol. The maximum Gasteiger partial charge on any atom is 0.225 e. The lowest BCUT2D eigenvalue weighted by molar-refractivity contribution is -0.138. The first-order valence-corrected chi connectivity index (χ1v) is 8.19. The van der Waals surface area contributed by atoms with Crippen LogP contribution in [0.25, 0.3) is 0 Å².